The number of unbranched alkanes of at least 4 members (excludes halogenated alkanes) is 8. The molecule has 2 aliphatic carbocycles. The summed E-state index contributed by atoms with van der Waals surface area (Å²) in [7, 11) is 0. The number of rotatable bonds is 26. The van der Waals surface area contributed by atoms with Gasteiger partial charge in [-0.05, 0) is 105 Å². The van der Waals surface area contributed by atoms with Gasteiger partial charge in [0, 0.05) is 72.6 Å². The maximum absolute atomic E-state index is 14.8. The molecule has 3 aromatic carbocycles. The van der Waals surface area contributed by atoms with Crippen LogP contribution >= 0.6 is 0 Å². The van der Waals surface area contributed by atoms with Crippen LogP contribution in [0.15, 0.2) is 108 Å². The first kappa shape index (κ1) is 57.4. The molecule has 0 saturated heterocycles. The lowest BCUT2D eigenvalue weighted by atomic mass is 9.78. The topological polar surface area (TPSA) is 102 Å². The van der Waals surface area contributed by atoms with E-state index in [2.05, 4.69) is 152 Å². The summed E-state index contributed by atoms with van der Waals surface area (Å²) in [4.78, 5) is 44.7. The van der Waals surface area contributed by atoms with E-state index in [-0.39, 0.29) is 45.3 Å². The largest absolute Gasteiger partial charge is 0.506 e. The van der Waals surface area contributed by atoms with Crippen LogP contribution < -0.4 is 15.5 Å². The molecule has 2 amide bonds. The summed E-state index contributed by atoms with van der Waals surface area (Å²) in [5, 5.41) is 18.6. The first-order valence-corrected chi connectivity index (χ1v) is 27.6. The molecular weight excluding hydrogens is 889 g/mol. The molecular formula is C64H91N4O4+. The first-order valence-electron chi connectivity index (χ1n) is 27.6. The number of allylic oxidation sites excluding steroid dienone is 5. The number of carbonyl (C=O) groups is 3. The van der Waals surface area contributed by atoms with Crippen molar-refractivity contribution in [3.8, 4) is 0 Å². The minimum absolute atomic E-state index is 0.122. The Morgan fingerprint density at radius 2 is 1.18 bits per heavy atom. The van der Waals surface area contributed by atoms with Gasteiger partial charge in [-0.2, -0.15) is 4.58 Å². The SMILES string of the molecule is CCCCCCCC(=O)NC1=CC(=[N+](CCC(C)CC(C)(C)C)c2ccc(C)cc2)C=C/C1=C1\C(=O)C(c2ccc(N(CCC(C)CC(C)(C)C)c3ccc(C)cc3)cc2NC(=O)CCCCCCC)=C1O. The van der Waals surface area contributed by atoms with Crippen LogP contribution in [-0.2, 0) is 14.4 Å². The maximum Gasteiger partial charge on any atom is 0.224 e. The zero-order chi connectivity index (χ0) is 52.6. The maximum atomic E-state index is 14.8. The third-order valence-corrected chi connectivity index (χ3v) is 14.0. The van der Waals surface area contributed by atoms with Crippen LogP contribution in [0, 0.1) is 36.5 Å². The molecule has 0 saturated carbocycles. The van der Waals surface area contributed by atoms with Gasteiger partial charge in [-0.3, -0.25) is 14.4 Å². The summed E-state index contributed by atoms with van der Waals surface area (Å²) in [5.74, 6) is 0.232. The fraction of sp³-hybridized carbons (Fsp3) is 0.531. The van der Waals surface area contributed by atoms with E-state index in [0.29, 0.717) is 47.2 Å². The molecule has 8 heteroatoms. The van der Waals surface area contributed by atoms with Gasteiger partial charge >= 0.3 is 0 Å². The van der Waals surface area contributed by atoms with Crippen molar-refractivity contribution in [2.45, 2.75) is 186 Å². The highest BCUT2D eigenvalue weighted by Gasteiger charge is 2.40. The number of nitrogens with one attached hydrogen (secondary N) is 2. The third kappa shape index (κ3) is 17.3. The summed E-state index contributed by atoms with van der Waals surface area (Å²) in [6, 6.07) is 22.9. The van der Waals surface area contributed by atoms with Crippen molar-refractivity contribution in [3.05, 3.63) is 124 Å². The molecule has 3 N–H and O–H groups in total. The quantitative estimate of drug-likeness (QED) is 0.0423. The standard InChI is InChI=1S/C64H90N4O4/c1-13-15-17-19-21-23-57(69)65-55-41-51(67(49-29-25-45(3)26-30-49)39-37-47(5)43-63(7,8)9)33-35-53(55)59-61(71)60(62(59)72)54-36-34-52(42-56(54)66-58(70)24-22-20-18-16-14-2)68(50-31-27-46(4)28-32-50)40-38-48(6)44-64(10,11)12/h25-36,41-42,47-48H,13-24,37-40,43-44H2,1-12H3,(H2,65,66,69,70,71,72)/p+1. The van der Waals surface area contributed by atoms with Gasteiger partial charge in [-0.25, -0.2) is 0 Å². The Balaban J connectivity index is 1.61. The van der Waals surface area contributed by atoms with Gasteiger partial charge in [-0.15, -0.1) is 0 Å². The van der Waals surface area contributed by atoms with Gasteiger partial charge in [0.1, 0.15) is 12.3 Å². The molecule has 0 bridgehead atoms. The van der Waals surface area contributed by atoms with Crippen molar-refractivity contribution in [2.24, 2.45) is 22.7 Å². The van der Waals surface area contributed by atoms with Crippen molar-refractivity contribution in [2.75, 3.05) is 23.3 Å². The summed E-state index contributed by atoms with van der Waals surface area (Å²) in [6.07, 6.45) is 20.9. The molecule has 8 nitrogen and oxygen atoms in total. The Bertz CT molecular complexity index is 2470. The number of aliphatic hydroxyl groups is 1. The summed E-state index contributed by atoms with van der Waals surface area (Å²) in [5.41, 5.74) is 8.85. The van der Waals surface area contributed by atoms with E-state index in [1.807, 2.05) is 36.4 Å². The lowest BCUT2D eigenvalue weighted by Crippen LogP contribution is -2.31. The zero-order valence-electron chi connectivity index (χ0n) is 46.5. The summed E-state index contributed by atoms with van der Waals surface area (Å²) < 4.78 is 2.29. The Kier molecular flexibility index (Phi) is 21.5. The predicted molar refractivity (Wildman–Crippen MR) is 304 cm³/mol. The number of aliphatic hydroxyl groups excluding tert-OH is 1. The predicted octanol–water partition coefficient (Wildman–Crippen LogP) is 16.5. The molecule has 5 rings (SSSR count). The average Bonchev–Trinajstić information content (AvgIpc) is 3.30. The molecule has 0 radical (unpaired) electrons. The monoisotopic (exact) mass is 980 g/mol. The second-order valence-corrected chi connectivity index (χ2v) is 23.6. The van der Waals surface area contributed by atoms with Gasteiger partial charge in [0.05, 0.1) is 22.5 Å². The highest BCUT2D eigenvalue weighted by Crippen LogP contribution is 2.44. The van der Waals surface area contributed by atoms with Gasteiger partial charge in [-0.1, -0.05) is 156 Å². The third-order valence-electron chi connectivity index (χ3n) is 14.0. The highest BCUT2D eigenvalue weighted by molar-refractivity contribution is 6.40. The molecule has 390 valence electrons. The molecule has 0 heterocycles. The number of ketones is 1. The number of nitrogens with zero attached hydrogens (tertiary/aromatic N) is 2. The lowest BCUT2D eigenvalue weighted by Gasteiger charge is -2.30. The molecule has 2 aliphatic rings. The van der Waals surface area contributed by atoms with E-state index in [1.54, 1.807) is 0 Å². The van der Waals surface area contributed by atoms with Crippen LogP contribution in [0.2, 0.25) is 0 Å². The normalized spacial score (nSPS) is 16.6. The average molecular weight is 980 g/mol. The molecule has 0 fully saturated rings. The minimum Gasteiger partial charge on any atom is -0.506 e. The fourth-order valence-corrected chi connectivity index (χ4v) is 10.4. The molecule has 0 aliphatic heterocycles. The van der Waals surface area contributed by atoms with Gasteiger partial charge < -0.3 is 20.6 Å². The number of benzene rings is 3. The van der Waals surface area contributed by atoms with E-state index >= 15 is 0 Å². The van der Waals surface area contributed by atoms with Crippen molar-refractivity contribution in [1.82, 2.24) is 5.32 Å². The van der Waals surface area contributed by atoms with Crippen LogP contribution in [0.3, 0.4) is 0 Å². The van der Waals surface area contributed by atoms with E-state index < -0.39 is 0 Å². The van der Waals surface area contributed by atoms with Crippen molar-refractivity contribution in [1.29, 1.82) is 0 Å². The molecule has 0 spiro atoms. The Hall–Kier alpha value is -5.50. The molecule has 2 unspecified atom stereocenters. The minimum atomic E-state index is -0.337. The van der Waals surface area contributed by atoms with Gasteiger partial charge in [0.25, 0.3) is 0 Å². The number of hydrogen-bond donors (Lipinski definition) is 3. The highest BCUT2D eigenvalue weighted by atomic mass is 16.3. The van der Waals surface area contributed by atoms with E-state index in [1.165, 1.54) is 11.1 Å². The number of anilines is 3. The zero-order valence-corrected chi connectivity index (χ0v) is 46.5. The number of aryl methyl sites for hydroxylation is 2. The van der Waals surface area contributed by atoms with E-state index in [9.17, 15) is 19.5 Å². The Morgan fingerprint density at radius 1 is 0.653 bits per heavy atom. The van der Waals surface area contributed by atoms with E-state index in [4.69, 9.17) is 0 Å². The number of hydrogen-bond acceptors (Lipinski definition) is 5. The Morgan fingerprint density at radius 3 is 1.74 bits per heavy atom. The summed E-state index contributed by atoms with van der Waals surface area (Å²) >= 11 is 0. The van der Waals surface area contributed by atoms with Crippen molar-refractivity contribution in [3.63, 3.8) is 0 Å². The molecule has 72 heavy (non-hydrogen) atoms. The molecule has 2 atom stereocenters. The van der Waals surface area contributed by atoms with Gasteiger partial charge in [0.15, 0.2) is 0 Å². The van der Waals surface area contributed by atoms with Crippen LogP contribution in [-0.4, -0.2) is 46.1 Å². The molecule has 0 aromatic heterocycles. The van der Waals surface area contributed by atoms with Gasteiger partial charge in [0.2, 0.25) is 29.0 Å². The van der Waals surface area contributed by atoms with Crippen LogP contribution in [0.5, 0.6) is 0 Å². The van der Waals surface area contributed by atoms with Crippen LogP contribution in [0.4, 0.5) is 22.7 Å². The smallest absolute Gasteiger partial charge is 0.224 e. The van der Waals surface area contributed by atoms with Crippen molar-refractivity contribution >= 4 is 51.6 Å². The number of carbonyl (C=O) groups excluding carboxylic acids is 3. The fourth-order valence-electron chi connectivity index (χ4n) is 10.4. The molecule has 3 aromatic rings. The van der Waals surface area contributed by atoms with Crippen LogP contribution in [0.25, 0.3) is 5.57 Å². The second kappa shape index (κ2) is 27.0. The second-order valence-electron chi connectivity index (χ2n) is 23.6. The Labute approximate surface area is 435 Å². The number of amides is 2. The first-order chi connectivity index (χ1) is 34.2. The lowest BCUT2D eigenvalue weighted by molar-refractivity contribution is -0.441. The van der Waals surface area contributed by atoms with Crippen LogP contribution in [0.1, 0.15) is 189 Å². The van der Waals surface area contributed by atoms with E-state index in [0.717, 1.165) is 126 Å². The number of Topliss-reactive ketones (excluding diaryl/α,β-unsaturated/α-hetero) is 1. The summed E-state index contributed by atoms with van der Waals surface area (Å²) in [6.45, 7) is 28.4. The van der Waals surface area contributed by atoms with Crippen molar-refractivity contribution < 1.29 is 24.1 Å².